The van der Waals surface area contributed by atoms with E-state index in [9.17, 15) is 4.79 Å². The van der Waals surface area contributed by atoms with Crippen LogP contribution in [0.1, 0.15) is 5.69 Å². The molecule has 0 saturated carbocycles. The van der Waals surface area contributed by atoms with Crippen molar-refractivity contribution in [1.29, 1.82) is 0 Å². The second-order valence-electron chi connectivity index (χ2n) is 5.52. The zero-order valence-corrected chi connectivity index (χ0v) is 14.6. The molecule has 0 saturated heterocycles. The molecule has 4 rings (SSSR count). The summed E-state index contributed by atoms with van der Waals surface area (Å²) in [5.74, 6) is 1.38. The van der Waals surface area contributed by atoms with Gasteiger partial charge in [0.2, 0.25) is 11.8 Å². The van der Waals surface area contributed by atoms with Gasteiger partial charge in [-0.05, 0) is 25.1 Å². The number of aromatic nitrogens is 3. The predicted octanol–water partition coefficient (Wildman–Crippen LogP) is 3.92. The van der Waals surface area contributed by atoms with Crippen LogP contribution >= 0.6 is 11.8 Å². The van der Waals surface area contributed by atoms with Gasteiger partial charge in [-0.1, -0.05) is 35.1 Å². The first-order chi connectivity index (χ1) is 12.7. The molecule has 0 atom stereocenters. The topological polar surface area (TPSA) is 94.1 Å². The van der Waals surface area contributed by atoms with E-state index in [0.717, 1.165) is 10.9 Å². The van der Waals surface area contributed by atoms with Crippen molar-refractivity contribution in [3.05, 3.63) is 54.4 Å². The lowest BCUT2D eigenvalue weighted by Crippen LogP contribution is -2.13. The van der Waals surface area contributed by atoms with Crippen LogP contribution in [0.3, 0.4) is 0 Å². The Morgan fingerprint density at radius 3 is 2.85 bits per heavy atom. The van der Waals surface area contributed by atoms with Crippen LogP contribution in [0.4, 0.5) is 5.88 Å². The summed E-state index contributed by atoms with van der Waals surface area (Å²) in [4.78, 5) is 21.3. The SMILES string of the molecule is Cc1cc(NC(=O)CSc2nc(-c3ccco3)nc3ccccc23)on1. The summed E-state index contributed by atoms with van der Waals surface area (Å²) >= 11 is 1.33. The number of hydrogen-bond acceptors (Lipinski definition) is 7. The molecule has 26 heavy (non-hydrogen) atoms. The smallest absolute Gasteiger partial charge is 0.237 e. The molecule has 0 fully saturated rings. The van der Waals surface area contributed by atoms with Crippen molar-refractivity contribution in [2.75, 3.05) is 11.1 Å². The number of nitrogens with zero attached hydrogens (tertiary/aromatic N) is 3. The number of benzene rings is 1. The van der Waals surface area contributed by atoms with Gasteiger partial charge in [0.25, 0.3) is 0 Å². The molecule has 0 unspecified atom stereocenters. The summed E-state index contributed by atoms with van der Waals surface area (Å²) in [6.45, 7) is 1.79. The van der Waals surface area contributed by atoms with Gasteiger partial charge in [-0.25, -0.2) is 9.97 Å². The highest BCUT2D eigenvalue weighted by Gasteiger charge is 2.14. The Kier molecular flexibility index (Phi) is 4.40. The van der Waals surface area contributed by atoms with Gasteiger partial charge in [-0.3, -0.25) is 10.1 Å². The van der Waals surface area contributed by atoms with Gasteiger partial charge in [-0.2, -0.15) is 0 Å². The summed E-state index contributed by atoms with van der Waals surface area (Å²) in [5, 5.41) is 8.01. The van der Waals surface area contributed by atoms with Crippen molar-refractivity contribution in [3.63, 3.8) is 0 Å². The number of carbonyl (C=O) groups excluding carboxylic acids is 1. The lowest BCUT2D eigenvalue weighted by molar-refractivity contribution is -0.113. The Morgan fingerprint density at radius 2 is 2.08 bits per heavy atom. The number of anilines is 1. The van der Waals surface area contributed by atoms with Crippen LogP contribution in [0.15, 0.2) is 62.7 Å². The highest BCUT2D eigenvalue weighted by molar-refractivity contribution is 8.00. The number of hydrogen-bond donors (Lipinski definition) is 1. The van der Waals surface area contributed by atoms with Crippen LogP contribution in [0, 0.1) is 6.92 Å². The standard InChI is InChI=1S/C18H14N4O3S/c1-11-9-16(25-22-11)20-15(23)10-26-18-12-5-2-3-6-13(12)19-17(21-18)14-7-4-8-24-14/h2-9H,10H2,1H3,(H,20,23). The minimum absolute atomic E-state index is 0.179. The van der Waals surface area contributed by atoms with Crippen molar-refractivity contribution in [3.8, 4) is 11.6 Å². The van der Waals surface area contributed by atoms with Crippen LogP contribution < -0.4 is 5.32 Å². The van der Waals surface area contributed by atoms with Crippen LogP contribution in [0.25, 0.3) is 22.5 Å². The molecule has 4 aromatic rings. The molecule has 0 aliphatic heterocycles. The first-order valence-electron chi connectivity index (χ1n) is 7.86. The van der Waals surface area contributed by atoms with E-state index in [2.05, 4.69) is 20.4 Å². The fraction of sp³-hybridized carbons (Fsp3) is 0.111. The van der Waals surface area contributed by atoms with E-state index in [0.29, 0.717) is 28.2 Å². The monoisotopic (exact) mass is 366 g/mol. The van der Waals surface area contributed by atoms with Gasteiger partial charge < -0.3 is 8.94 Å². The Balaban J connectivity index is 1.57. The minimum Gasteiger partial charge on any atom is -0.461 e. The summed E-state index contributed by atoms with van der Waals surface area (Å²) in [6, 6.07) is 12.9. The van der Waals surface area contributed by atoms with Crippen LogP contribution in [-0.2, 0) is 4.79 Å². The third-order valence-electron chi connectivity index (χ3n) is 3.54. The number of amides is 1. The maximum atomic E-state index is 12.2. The van der Waals surface area contributed by atoms with E-state index in [1.165, 1.54) is 11.8 Å². The van der Waals surface area contributed by atoms with E-state index in [4.69, 9.17) is 8.94 Å². The van der Waals surface area contributed by atoms with E-state index >= 15 is 0 Å². The van der Waals surface area contributed by atoms with E-state index in [-0.39, 0.29) is 11.7 Å². The van der Waals surface area contributed by atoms with Crippen LogP contribution in [0.5, 0.6) is 0 Å². The summed E-state index contributed by atoms with van der Waals surface area (Å²) in [5.41, 5.74) is 1.50. The molecule has 1 amide bonds. The molecular formula is C18H14N4O3S. The molecule has 0 aliphatic rings. The lowest BCUT2D eigenvalue weighted by atomic mass is 10.2. The number of para-hydroxylation sites is 1. The number of rotatable bonds is 5. The number of nitrogens with one attached hydrogen (secondary N) is 1. The van der Waals surface area contributed by atoms with E-state index < -0.39 is 0 Å². The predicted molar refractivity (Wildman–Crippen MR) is 97.8 cm³/mol. The maximum absolute atomic E-state index is 12.2. The Hall–Kier alpha value is -3.13. The molecule has 3 aromatic heterocycles. The van der Waals surface area contributed by atoms with E-state index in [1.54, 1.807) is 31.4 Å². The fourth-order valence-corrected chi connectivity index (χ4v) is 3.22. The van der Waals surface area contributed by atoms with Gasteiger partial charge in [0.15, 0.2) is 11.6 Å². The molecule has 0 radical (unpaired) electrons. The quantitative estimate of drug-likeness (QED) is 0.422. The van der Waals surface area contributed by atoms with Crippen molar-refractivity contribution in [2.45, 2.75) is 11.9 Å². The van der Waals surface area contributed by atoms with Crippen molar-refractivity contribution in [1.82, 2.24) is 15.1 Å². The third kappa shape index (κ3) is 3.45. The summed E-state index contributed by atoms with van der Waals surface area (Å²) in [7, 11) is 0. The van der Waals surface area contributed by atoms with Crippen LogP contribution in [-0.4, -0.2) is 26.8 Å². The molecular weight excluding hydrogens is 352 g/mol. The third-order valence-corrected chi connectivity index (χ3v) is 4.53. The molecule has 8 heteroatoms. The zero-order chi connectivity index (χ0) is 17.9. The van der Waals surface area contributed by atoms with Gasteiger partial charge in [0, 0.05) is 11.5 Å². The summed E-state index contributed by atoms with van der Waals surface area (Å²) < 4.78 is 10.4. The molecule has 130 valence electrons. The first kappa shape index (κ1) is 16.3. The van der Waals surface area contributed by atoms with Crippen LogP contribution in [0.2, 0.25) is 0 Å². The molecule has 0 spiro atoms. The molecule has 7 nitrogen and oxygen atoms in total. The van der Waals surface area contributed by atoms with Gasteiger partial charge >= 0.3 is 0 Å². The average molecular weight is 366 g/mol. The Labute approximate surface area is 152 Å². The Morgan fingerprint density at radius 1 is 1.19 bits per heavy atom. The number of aryl methyl sites for hydroxylation is 1. The van der Waals surface area contributed by atoms with E-state index in [1.807, 2.05) is 24.3 Å². The average Bonchev–Trinajstić information content (AvgIpc) is 3.31. The molecule has 0 bridgehead atoms. The molecule has 1 aromatic carbocycles. The highest BCUT2D eigenvalue weighted by Crippen LogP contribution is 2.28. The van der Waals surface area contributed by atoms with Gasteiger partial charge in [0.1, 0.15) is 5.03 Å². The van der Waals surface area contributed by atoms with Crippen molar-refractivity contribution in [2.24, 2.45) is 0 Å². The highest BCUT2D eigenvalue weighted by atomic mass is 32.2. The molecule has 0 aliphatic carbocycles. The number of furan rings is 1. The zero-order valence-electron chi connectivity index (χ0n) is 13.8. The normalized spacial score (nSPS) is 11.0. The van der Waals surface area contributed by atoms with Gasteiger partial charge in [-0.15, -0.1) is 0 Å². The Bertz CT molecular complexity index is 1060. The second-order valence-corrected chi connectivity index (χ2v) is 6.48. The number of thioether (sulfide) groups is 1. The fourth-order valence-electron chi connectivity index (χ4n) is 2.40. The summed E-state index contributed by atoms with van der Waals surface area (Å²) in [6.07, 6.45) is 1.58. The molecule has 3 heterocycles. The number of carbonyl (C=O) groups is 1. The minimum atomic E-state index is -0.201. The lowest BCUT2D eigenvalue weighted by Gasteiger charge is -2.07. The molecule has 1 N–H and O–H groups in total. The van der Waals surface area contributed by atoms with Crippen molar-refractivity contribution >= 4 is 34.5 Å². The first-order valence-corrected chi connectivity index (χ1v) is 8.84. The largest absolute Gasteiger partial charge is 0.461 e. The number of fused-ring (bicyclic) bond motifs is 1. The second kappa shape index (κ2) is 7.01. The van der Waals surface area contributed by atoms with Gasteiger partial charge in [0.05, 0.1) is 23.2 Å². The van der Waals surface area contributed by atoms with Crippen molar-refractivity contribution < 1.29 is 13.7 Å². The maximum Gasteiger partial charge on any atom is 0.237 e.